The average molecular weight is 269 g/mol. The standard InChI is InChI=1S/C14H14F3NO/c1-13(2)8-9(5-6-18)11-4-3-10(14(15,16)17)7-12(11)19-13/h3-7,18H,8H2,1-2H3/b9-5+,18-6?. The minimum absolute atomic E-state index is 0.221. The van der Waals surface area contributed by atoms with Crippen molar-refractivity contribution in [1.29, 1.82) is 5.41 Å². The van der Waals surface area contributed by atoms with Crippen LogP contribution in [0.15, 0.2) is 24.3 Å². The summed E-state index contributed by atoms with van der Waals surface area (Å²) >= 11 is 0. The minimum Gasteiger partial charge on any atom is -0.487 e. The Labute approximate surface area is 109 Å². The third kappa shape index (κ3) is 2.80. The van der Waals surface area contributed by atoms with Gasteiger partial charge in [-0.15, -0.1) is 0 Å². The lowest BCUT2D eigenvalue weighted by Gasteiger charge is -2.34. The zero-order chi connectivity index (χ0) is 14.3. The number of halogens is 3. The van der Waals surface area contributed by atoms with Crippen molar-refractivity contribution in [2.45, 2.75) is 32.0 Å². The van der Waals surface area contributed by atoms with E-state index < -0.39 is 17.3 Å². The van der Waals surface area contributed by atoms with E-state index in [0.29, 0.717) is 12.0 Å². The van der Waals surface area contributed by atoms with Gasteiger partial charge >= 0.3 is 6.18 Å². The van der Waals surface area contributed by atoms with Crippen LogP contribution < -0.4 is 4.74 Å². The van der Waals surface area contributed by atoms with Gasteiger partial charge in [0.25, 0.3) is 0 Å². The summed E-state index contributed by atoms with van der Waals surface area (Å²) in [6, 6.07) is 3.47. The van der Waals surface area contributed by atoms with E-state index in [-0.39, 0.29) is 5.75 Å². The molecule has 2 nitrogen and oxygen atoms in total. The lowest BCUT2D eigenvalue weighted by Crippen LogP contribution is -2.32. The Kier molecular flexibility index (Phi) is 3.16. The predicted octanol–water partition coefficient (Wildman–Crippen LogP) is 4.30. The van der Waals surface area contributed by atoms with Crippen LogP contribution in [0.4, 0.5) is 13.2 Å². The first-order chi connectivity index (χ1) is 8.73. The van der Waals surface area contributed by atoms with Crippen molar-refractivity contribution in [2.75, 3.05) is 0 Å². The average Bonchev–Trinajstić information content (AvgIpc) is 2.25. The monoisotopic (exact) mass is 269 g/mol. The molecule has 5 heteroatoms. The fourth-order valence-electron chi connectivity index (χ4n) is 2.19. The SMILES string of the molecule is CC1(C)C/C(=C\C=N)c2ccc(C(F)(F)F)cc2O1. The highest BCUT2D eigenvalue weighted by atomic mass is 19.4. The summed E-state index contributed by atoms with van der Waals surface area (Å²) in [4.78, 5) is 0. The van der Waals surface area contributed by atoms with Crippen LogP contribution in [0.2, 0.25) is 0 Å². The molecule has 0 spiro atoms. The topological polar surface area (TPSA) is 33.1 Å². The Hall–Kier alpha value is -1.78. The van der Waals surface area contributed by atoms with Gasteiger partial charge < -0.3 is 10.1 Å². The van der Waals surface area contributed by atoms with Crippen molar-refractivity contribution in [1.82, 2.24) is 0 Å². The molecule has 0 saturated heterocycles. The third-order valence-corrected chi connectivity index (χ3v) is 2.94. The number of nitrogens with one attached hydrogen (secondary N) is 1. The van der Waals surface area contributed by atoms with E-state index in [1.54, 1.807) is 6.08 Å². The van der Waals surface area contributed by atoms with E-state index in [0.717, 1.165) is 23.9 Å². The van der Waals surface area contributed by atoms with Crippen molar-refractivity contribution in [2.24, 2.45) is 0 Å². The highest BCUT2D eigenvalue weighted by Crippen LogP contribution is 2.42. The summed E-state index contributed by atoms with van der Waals surface area (Å²) in [6.45, 7) is 3.63. The summed E-state index contributed by atoms with van der Waals surface area (Å²) in [6.07, 6.45) is -1.10. The molecule has 0 aliphatic carbocycles. The highest BCUT2D eigenvalue weighted by Gasteiger charge is 2.35. The molecule has 0 atom stereocenters. The second-order valence-electron chi connectivity index (χ2n) is 5.11. The Bertz CT molecular complexity index is 544. The first kappa shape index (κ1) is 13.6. The quantitative estimate of drug-likeness (QED) is 0.757. The van der Waals surface area contributed by atoms with Crippen LogP contribution in [0.1, 0.15) is 31.4 Å². The van der Waals surface area contributed by atoms with Gasteiger partial charge in [-0.05, 0) is 37.6 Å². The number of ether oxygens (including phenoxy) is 1. The molecule has 0 radical (unpaired) electrons. The lowest BCUT2D eigenvalue weighted by atomic mass is 9.88. The van der Waals surface area contributed by atoms with Crippen LogP contribution in [0, 0.1) is 5.41 Å². The predicted molar refractivity (Wildman–Crippen MR) is 67.5 cm³/mol. The Morgan fingerprint density at radius 2 is 2.00 bits per heavy atom. The van der Waals surface area contributed by atoms with Gasteiger partial charge in [-0.3, -0.25) is 0 Å². The normalized spacial score (nSPS) is 19.7. The summed E-state index contributed by atoms with van der Waals surface area (Å²) < 4.78 is 43.7. The minimum atomic E-state index is -4.38. The molecule has 0 amide bonds. The van der Waals surface area contributed by atoms with Gasteiger partial charge in [-0.1, -0.05) is 6.07 Å². The molecular weight excluding hydrogens is 255 g/mol. The molecule has 0 saturated carbocycles. The Morgan fingerprint density at radius 3 is 2.58 bits per heavy atom. The van der Waals surface area contributed by atoms with Crippen LogP contribution in [0.3, 0.4) is 0 Å². The molecule has 1 aromatic rings. The van der Waals surface area contributed by atoms with Gasteiger partial charge in [0.1, 0.15) is 11.4 Å². The van der Waals surface area contributed by atoms with Crippen LogP contribution in [0.5, 0.6) is 5.75 Å². The summed E-state index contributed by atoms with van der Waals surface area (Å²) in [5.41, 5.74) is 0.135. The molecule has 0 bridgehead atoms. The van der Waals surface area contributed by atoms with E-state index >= 15 is 0 Å². The van der Waals surface area contributed by atoms with Gasteiger partial charge in [0.2, 0.25) is 0 Å². The maximum atomic E-state index is 12.7. The van der Waals surface area contributed by atoms with Crippen molar-refractivity contribution < 1.29 is 17.9 Å². The van der Waals surface area contributed by atoms with Gasteiger partial charge in [0.05, 0.1) is 5.56 Å². The van der Waals surface area contributed by atoms with E-state index in [9.17, 15) is 13.2 Å². The zero-order valence-corrected chi connectivity index (χ0v) is 10.6. The molecule has 1 aromatic carbocycles. The summed E-state index contributed by atoms with van der Waals surface area (Å²) in [5, 5.41) is 7.13. The molecule has 0 aromatic heterocycles. The van der Waals surface area contributed by atoms with E-state index in [2.05, 4.69) is 0 Å². The molecule has 0 fully saturated rings. The summed E-state index contributed by atoms with van der Waals surface area (Å²) in [7, 11) is 0. The Morgan fingerprint density at radius 1 is 1.32 bits per heavy atom. The highest BCUT2D eigenvalue weighted by molar-refractivity contribution is 5.85. The molecule has 2 rings (SSSR count). The van der Waals surface area contributed by atoms with Gasteiger partial charge in [-0.2, -0.15) is 13.2 Å². The first-order valence-corrected chi connectivity index (χ1v) is 5.83. The number of alkyl halides is 3. The molecule has 19 heavy (non-hydrogen) atoms. The fourth-order valence-corrected chi connectivity index (χ4v) is 2.19. The van der Waals surface area contributed by atoms with Crippen LogP contribution in [-0.2, 0) is 6.18 Å². The van der Waals surface area contributed by atoms with Crippen molar-refractivity contribution in [3.63, 3.8) is 0 Å². The maximum absolute atomic E-state index is 12.7. The fraction of sp³-hybridized carbons (Fsp3) is 0.357. The van der Waals surface area contributed by atoms with Gasteiger partial charge in [-0.25, -0.2) is 0 Å². The number of allylic oxidation sites excluding steroid dienone is 1. The lowest BCUT2D eigenvalue weighted by molar-refractivity contribution is -0.137. The second-order valence-corrected chi connectivity index (χ2v) is 5.11. The van der Waals surface area contributed by atoms with Crippen molar-refractivity contribution in [3.05, 3.63) is 35.4 Å². The van der Waals surface area contributed by atoms with Crippen molar-refractivity contribution >= 4 is 11.8 Å². The third-order valence-electron chi connectivity index (χ3n) is 2.94. The molecule has 1 heterocycles. The van der Waals surface area contributed by atoms with Crippen molar-refractivity contribution in [3.8, 4) is 5.75 Å². The second kappa shape index (κ2) is 4.40. The molecule has 0 unspecified atom stereocenters. The number of fused-ring (bicyclic) bond motifs is 1. The van der Waals surface area contributed by atoms with Crippen LogP contribution >= 0.6 is 0 Å². The van der Waals surface area contributed by atoms with Crippen LogP contribution in [-0.4, -0.2) is 11.8 Å². The zero-order valence-electron chi connectivity index (χ0n) is 10.6. The van der Waals surface area contributed by atoms with Gasteiger partial charge in [0, 0.05) is 18.2 Å². The number of rotatable bonds is 1. The molecule has 1 aliphatic rings. The molecule has 1 aliphatic heterocycles. The van der Waals surface area contributed by atoms with Crippen LogP contribution in [0.25, 0.3) is 5.57 Å². The Balaban J connectivity index is 2.55. The summed E-state index contributed by atoms with van der Waals surface area (Å²) in [5.74, 6) is 0.221. The number of hydrogen-bond acceptors (Lipinski definition) is 2. The molecule has 1 N–H and O–H groups in total. The maximum Gasteiger partial charge on any atom is 0.416 e. The largest absolute Gasteiger partial charge is 0.487 e. The van der Waals surface area contributed by atoms with E-state index in [4.69, 9.17) is 10.1 Å². The van der Waals surface area contributed by atoms with Gasteiger partial charge in [0.15, 0.2) is 0 Å². The van der Waals surface area contributed by atoms with E-state index in [1.165, 1.54) is 6.07 Å². The molecule has 102 valence electrons. The smallest absolute Gasteiger partial charge is 0.416 e. The van der Waals surface area contributed by atoms with E-state index in [1.807, 2.05) is 13.8 Å². The number of benzene rings is 1. The molecular formula is C14H14F3NO. The first-order valence-electron chi connectivity index (χ1n) is 5.83. The number of hydrogen-bond donors (Lipinski definition) is 1.